The van der Waals surface area contributed by atoms with Crippen LogP contribution in [-0.2, 0) is 0 Å². The van der Waals surface area contributed by atoms with Gasteiger partial charge in [0.15, 0.2) is 0 Å². The minimum absolute atomic E-state index is 0.0599. The predicted molar refractivity (Wildman–Crippen MR) is 72.1 cm³/mol. The Hall–Kier alpha value is -1.26. The molecule has 2 unspecified atom stereocenters. The summed E-state index contributed by atoms with van der Waals surface area (Å²) in [7, 11) is 3.34. The summed E-state index contributed by atoms with van der Waals surface area (Å²) in [4.78, 5) is 0. The fourth-order valence-electron chi connectivity index (χ4n) is 2.50. The van der Waals surface area contributed by atoms with E-state index in [-0.39, 0.29) is 6.04 Å². The van der Waals surface area contributed by atoms with E-state index >= 15 is 0 Å². The standard InChI is InChI=1S/C14H22N2O2/c1-17-10-6-7-13(18-2)11(9-10)14(15)12-5-3-4-8-16-12/h6-7,9,12,14,16H,3-5,8,15H2,1-2H3. The largest absolute Gasteiger partial charge is 0.497 e. The normalized spacial score (nSPS) is 21.4. The number of methoxy groups -OCH3 is 2. The van der Waals surface area contributed by atoms with Crippen LogP contribution < -0.4 is 20.5 Å². The summed E-state index contributed by atoms with van der Waals surface area (Å²) in [5.74, 6) is 1.65. The maximum atomic E-state index is 6.37. The van der Waals surface area contributed by atoms with Crippen LogP contribution in [0.1, 0.15) is 30.9 Å². The van der Waals surface area contributed by atoms with Crippen LogP contribution in [0.2, 0.25) is 0 Å². The van der Waals surface area contributed by atoms with E-state index in [1.165, 1.54) is 12.8 Å². The second kappa shape index (κ2) is 6.07. The molecular weight excluding hydrogens is 228 g/mol. The van der Waals surface area contributed by atoms with E-state index in [9.17, 15) is 0 Å². The lowest BCUT2D eigenvalue weighted by Crippen LogP contribution is -2.42. The number of hydrogen-bond acceptors (Lipinski definition) is 4. The van der Waals surface area contributed by atoms with Crippen molar-refractivity contribution in [2.45, 2.75) is 31.3 Å². The molecule has 1 aliphatic rings. The molecule has 0 bridgehead atoms. The first-order valence-corrected chi connectivity index (χ1v) is 6.47. The zero-order valence-corrected chi connectivity index (χ0v) is 11.1. The van der Waals surface area contributed by atoms with Crippen LogP contribution in [0, 0.1) is 0 Å². The number of rotatable bonds is 4. The highest BCUT2D eigenvalue weighted by Crippen LogP contribution is 2.31. The molecule has 0 saturated carbocycles. The van der Waals surface area contributed by atoms with Gasteiger partial charge in [0.25, 0.3) is 0 Å². The summed E-state index contributed by atoms with van der Waals surface area (Å²) in [5.41, 5.74) is 7.38. The minimum atomic E-state index is -0.0599. The van der Waals surface area contributed by atoms with E-state index in [2.05, 4.69) is 5.32 Å². The average Bonchev–Trinajstić information content (AvgIpc) is 2.46. The van der Waals surface area contributed by atoms with Gasteiger partial charge in [-0.1, -0.05) is 6.42 Å². The Kier molecular flexibility index (Phi) is 4.44. The van der Waals surface area contributed by atoms with Gasteiger partial charge in [-0.05, 0) is 37.6 Å². The third-order valence-corrected chi connectivity index (χ3v) is 3.58. The van der Waals surface area contributed by atoms with E-state index in [1.54, 1.807) is 14.2 Å². The Labute approximate surface area is 108 Å². The van der Waals surface area contributed by atoms with E-state index < -0.39 is 0 Å². The van der Waals surface area contributed by atoms with E-state index in [0.29, 0.717) is 6.04 Å². The predicted octanol–water partition coefficient (Wildman–Crippen LogP) is 1.85. The fraction of sp³-hybridized carbons (Fsp3) is 0.571. The number of nitrogens with two attached hydrogens (primary N) is 1. The zero-order valence-electron chi connectivity index (χ0n) is 11.1. The summed E-state index contributed by atoms with van der Waals surface area (Å²) in [5, 5.41) is 3.48. The molecule has 0 amide bonds. The summed E-state index contributed by atoms with van der Waals surface area (Å²) in [6.07, 6.45) is 3.58. The molecule has 1 aromatic rings. The van der Waals surface area contributed by atoms with Crippen molar-refractivity contribution in [3.8, 4) is 11.5 Å². The van der Waals surface area contributed by atoms with E-state index in [0.717, 1.165) is 30.0 Å². The quantitative estimate of drug-likeness (QED) is 0.856. The highest BCUT2D eigenvalue weighted by molar-refractivity contribution is 5.42. The van der Waals surface area contributed by atoms with Crippen LogP contribution in [0.3, 0.4) is 0 Å². The Morgan fingerprint density at radius 3 is 2.72 bits per heavy atom. The van der Waals surface area contributed by atoms with Gasteiger partial charge < -0.3 is 20.5 Å². The van der Waals surface area contributed by atoms with Crippen LogP contribution in [0.15, 0.2) is 18.2 Å². The van der Waals surface area contributed by atoms with E-state index in [4.69, 9.17) is 15.2 Å². The van der Waals surface area contributed by atoms with Crippen LogP contribution in [0.5, 0.6) is 11.5 Å². The zero-order chi connectivity index (χ0) is 13.0. The molecule has 1 aromatic carbocycles. The molecule has 1 heterocycles. The SMILES string of the molecule is COc1ccc(OC)c(C(N)C2CCCCN2)c1. The van der Waals surface area contributed by atoms with Crippen molar-refractivity contribution in [1.29, 1.82) is 0 Å². The van der Waals surface area contributed by atoms with Crippen LogP contribution in [0.4, 0.5) is 0 Å². The lowest BCUT2D eigenvalue weighted by Gasteiger charge is -2.30. The van der Waals surface area contributed by atoms with Gasteiger partial charge in [0.05, 0.1) is 14.2 Å². The number of ether oxygens (including phenoxy) is 2. The third kappa shape index (κ3) is 2.76. The van der Waals surface area contributed by atoms with Gasteiger partial charge in [-0.3, -0.25) is 0 Å². The van der Waals surface area contributed by atoms with Crippen molar-refractivity contribution in [2.75, 3.05) is 20.8 Å². The monoisotopic (exact) mass is 250 g/mol. The minimum Gasteiger partial charge on any atom is -0.497 e. The highest BCUT2D eigenvalue weighted by atomic mass is 16.5. The maximum Gasteiger partial charge on any atom is 0.123 e. The molecule has 100 valence electrons. The maximum absolute atomic E-state index is 6.37. The molecule has 0 aliphatic carbocycles. The molecule has 0 radical (unpaired) electrons. The number of piperidine rings is 1. The van der Waals surface area contributed by atoms with Crippen molar-refractivity contribution in [2.24, 2.45) is 5.73 Å². The first-order valence-electron chi connectivity index (χ1n) is 6.47. The first-order chi connectivity index (χ1) is 8.76. The summed E-state index contributed by atoms with van der Waals surface area (Å²) in [6, 6.07) is 6.04. The molecular formula is C14H22N2O2. The summed E-state index contributed by atoms with van der Waals surface area (Å²) >= 11 is 0. The Balaban J connectivity index is 2.23. The number of benzene rings is 1. The van der Waals surface area contributed by atoms with Gasteiger partial charge in [0.2, 0.25) is 0 Å². The van der Waals surface area contributed by atoms with E-state index in [1.807, 2.05) is 18.2 Å². The van der Waals surface area contributed by atoms with Crippen LogP contribution in [-0.4, -0.2) is 26.8 Å². The first kappa shape index (κ1) is 13.2. The van der Waals surface area contributed by atoms with Gasteiger partial charge in [-0.2, -0.15) is 0 Å². The molecule has 3 N–H and O–H groups in total. The number of nitrogens with one attached hydrogen (secondary N) is 1. The molecule has 1 saturated heterocycles. The molecule has 0 spiro atoms. The highest BCUT2D eigenvalue weighted by Gasteiger charge is 2.24. The molecule has 1 aliphatic heterocycles. The molecule has 4 heteroatoms. The molecule has 4 nitrogen and oxygen atoms in total. The van der Waals surface area contributed by atoms with Gasteiger partial charge in [-0.15, -0.1) is 0 Å². The van der Waals surface area contributed by atoms with Crippen molar-refractivity contribution < 1.29 is 9.47 Å². The number of hydrogen-bond donors (Lipinski definition) is 2. The van der Waals surface area contributed by atoms with Crippen molar-refractivity contribution in [1.82, 2.24) is 5.32 Å². The second-order valence-corrected chi connectivity index (χ2v) is 4.69. The Morgan fingerprint density at radius 1 is 1.28 bits per heavy atom. The topological polar surface area (TPSA) is 56.5 Å². The average molecular weight is 250 g/mol. The lowest BCUT2D eigenvalue weighted by atomic mass is 9.92. The van der Waals surface area contributed by atoms with Gasteiger partial charge in [-0.25, -0.2) is 0 Å². The van der Waals surface area contributed by atoms with Crippen molar-refractivity contribution in [3.63, 3.8) is 0 Å². The van der Waals surface area contributed by atoms with Gasteiger partial charge >= 0.3 is 0 Å². The fourth-order valence-corrected chi connectivity index (χ4v) is 2.50. The molecule has 2 atom stereocenters. The summed E-state index contributed by atoms with van der Waals surface area (Å²) in [6.45, 7) is 1.05. The molecule has 1 fully saturated rings. The van der Waals surface area contributed by atoms with Crippen LogP contribution >= 0.6 is 0 Å². The smallest absolute Gasteiger partial charge is 0.123 e. The summed E-state index contributed by atoms with van der Waals surface area (Å²) < 4.78 is 10.7. The van der Waals surface area contributed by atoms with Gasteiger partial charge in [0, 0.05) is 17.6 Å². The van der Waals surface area contributed by atoms with Crippen molar-refractivity contribution >= 4 is 0 Å². The lowest BCUT2D eigenvalue weighted by molar-refractivity contribution is 0.340. The van der Waals surface area contributed by atoms with Crippen molar-refractivity contribution in [3.05, 3.63) is 23.8 Å². The molecule has 0 aromatic heterocycles. The third-order valence-electron chi connectivity index (χ3n) is 3.58. The van der Waals surface area contributed by atoms with Crippen LogP contribution in [0.25, 0.3) is 0 Å². The van der Waals surface area contributed by atoms with Gasteiger partial charge in [0.1, 0.15) is 11.5 Å². The Bertz CT molecular complexity index is 389. The molecule has 2 rings (SSSR count). The Morgan fingerprint density at radius 2 is 2.11 bits per heavy atom. The second-order valence-electron chi connectivity index (χ2n) is 4.69. The molecule has 18 heavy (non-hydrogen) atoms.